The van der Waals surface area contributed by atoms with Gasteiger partial charge in [-0.15, -0.1) is 20.4 Å². The van der Waals surface area contributed by atoms with E-state index in [-0.39, 0.29) is 11.7 Å². The number of amides is 1. The van der Waals surface area contributed by atoms with E-state index in [2.05, 4.69) is 25.7 Å². The van der Waals surface area contributed by atoms with Crippen LogP contribution in [0.3, 0.4) is 0 Å². The number of benzene rings is 1. The third-order valence-electron chi connectivity index (χ3n) is 3.31. The molecule has 3 rings (SSSR count). The van der Waals surface area contributed by atoms with Crippen molar-refractivity contribution in [2.45, 2.75) is 18.7 Å². The van der Waals surface area contributed by atoms with Crippen LogP contribution in [0.25, 0.3) is 0 Å². The van der Waals surface area contributed by atoms with Crippen LogP contribution in [0, 0.1) is 6.92 Å². The van der Waals surface area contributed by atoms with Gasteiger partial charge in [-0.05, 0) is 18.6 Å². The summed E-state index contributed by atoms with van der Waals surface area (Å²) in [5.74, 6) is 1.55. The van der Waals surface area contributed by atoms with Gasteiger partial charge in [0.2, 0.25) is 11.0 Å². The van der Waals surface area contributed by atoms with Crippen LogP contribution in [0.5, 0.6) is 5.75 Å². The van der Waals surface area contributed by atoms with E-state index in [1.165, 1.54) is 23.1 Å². The van der Waals surface area contributed by atoms with Crippen molar-refractivity contribution in [1.82, 2.24) is 25.0 Å². The molecule has 25 heavy (non-hydrogen) atoms. The highest BCUT2D eigenvalue weighted by Gasteiger charge is 2.13. The summed E-state index contributed by atoms with van der Waals surface area (Å²) in [5, 5.41) is 19.5. The van der Waals surface area contributed by atoms with Crippen molar-refractivity contribution in [3.63, 3.8) is 0 Å². The average molecular weight is 376 g/mol. The summed E-state index contributed by atoms with van der Waals surface area (Å²) < 4.78 is 7.61. The van der Waals surface area contributed by atoms with Gasteiger partial charge in [0.05, 0.1) is 5.75 Å². The number of carbonyl (C=O) groups is 1. The first-order valence-electron chi connectivity index (χ1n) is 7.39. The Hall–Kier alpha value is -2.46. The van der Waals surface area contributed by atoms with Crippen LogP contribution in [0.4, 0.5) is 5.13 Å². The van der Waals surface area contributed by atoms with Crippen molar-refractivity contribution in [3.8, 4) is 5.75 Å². The second-order valence-electron chi connectivity index (χ2n) is 5.09. The number of carbonyl (C=O) groups excluding carboxylic acids is 1. The predicted molar refractivity (Wildman–Crippen MR) is 95.8 cm³/mol. The molecule has 2 heterocycles. The molecule has 1 N–H and O–H groups in total. The van der Waals surface area contributed by atoms with Crippen molar-refractivity contribution in [2.75, 3.05) is 11.1 Å². The molecule has 0 unspecified atom stereocenters. The van der Waals surface area contributed by atoms with Crippen molar-refractivity contribution in [1.29, 1.82) is 0 Å². The highest BCUT2D eigenvalue weighted by atomic mass is 32.2. The number of nitrogens with zero attached hydrogens (tertiary/aromatic N) is 5. The largest absolute Gasteiger partial charge is 0.485 e. The summed E-state index contributed by atoms with van der Waals surface area (Å²) >= 11 is 2.57. The highest BCUT2D eigenvalue weighted by Crippen LogP contribution is 2.20. The number of ether oxygens (including phenoxy) is 1. The van der Waals surface area contributed by atoms with Gasteiger partial charge in [0.15, 0.2) is 11.0 Å². The molecule has 10 heteroatoms. The molecule has 0 aliphatic rings. The monoisotopic (exact) mass is 376 g/mol. The van der Waals surface area contributed by atoms with E-state index >= 15 is 0 Å². The van der Waals surface area contributed by atoms with Crippen molar-refractivity contribution >= 4 is 34.1 Å². The Kier molecular flexibility index (Phi) is 5.61. The highest BCUT2D eigenvalue weighted by molar-refractivity contribution is 7.99. The topological polar surface area (TPSA) is 94.8 Å². The Labute approximate surface area is 152 Å². The first-order chi connectivity index (χ1) is 12.1. The maximum atomic E-state index is 11.9. The molecule has 0 saturated carbocycles. The number of hydrogen-bond donors (Lipinski definition) is 1. The van der Waals surface area contributed by atoms with Gasteiger partial charge >= 0.3 is 0 Å². The van der Waals surface area contributed by atoms with E-state index in [4.69, 9.17) is 4.74 Å². The van der Waals surface area contributed by atoms with Gasteiger partial charge in [-0.3, -0.25) is 10.1 Å². The summed E-state index contributed by atoms with van der Waals surface area (Å²) in [7, 11) is 1.85. The maximum absolute atomic E-state index is 11.9. The first-order valence-corrected chi connectivity index (χ1v) is 9.25. The van der Waals surface area contributed by atoms with Crippen LogP contribution < -0.4 is 10.1 Å². The van der Waals surface area contributed by atoms with Crippen LogP contribution in [0.15, 0.2) is 34.9 Å². The summed E-state index contributed by atoms with van der Waals surface area (Å²) in [6.45, 7) is 2.30. The Morgan fingerprint density at radius 2 is 2.16 bits per heavy atom. The van der Waals surface area contributed by atoms with Crippen molar-refractivity contribution in [2.24, 2.45) is 7.05 Å². The Morgan fingerprint density at radius 3 is 2.92 bits per heavy atom. The molecule has 130 valence electrons. The maximum Gasteiger partial charge on any atom is 0.236 e. The van der Waals surface area contributed by atoms with E-state index in [1.54, 1.807) is 5.51 Å². The zero-order valence-electron chi connectivity index (χ0n) is 13.7. The number of aryl methyl sites for hydroxylation is 1. The first kappa shape index (κ1) is 17.4. The molecule has 0 fully saturated rings. The normalized spacial score (nSPS) is 10.6. The molecule has 0 atom stereocenters. The van der Waals surface area contributed by atoms with E-state index in [9.17, 15) is 4.79 Å². The number of rotatable bonds is 7. The Bertz CT molecular complexity index is 850. The molecule has 0 spiro atoms. The molecule has 0 radical (unpaired) electrons. The molecule has 2 aromatic heterocycles. The smallest absolute Gasteiger partial charge is 0.236 e. The van der Waals surface area contributed by atoms with Gasteiger partial charge in [-0.2, -0.15) is 0 Å². The van der Waals surface area contributed by atoms with Gasteiger partial charge in [-0.1, -0.05) is 41.3 Å². The fourth-order valence-electron chi connectivity index (χ4n) is 1.97. The van der Waals surface area contributed by atoms with E-state index < -0.39 is 0 Å². The van der Waals surface area contributed by atoms with Gasteiger partial charge < -0.3 is 9.30 Å². The molecule has 0 saturated heterocycles. The molecule has 0 aliphatic carbocycles. The number of aromatic nitrogens is 5. The predicted octanol–water partition coefficient (Wildman–Crippen LogP) is 2.28. The fourth-order valence-corrected chi connectivity index (χ4v) is 3.16. The lowest BCUT2D eigenvalue weighted by Crippen LogP contribution is -2.14. The zero-order chi connectivity index (χ0) is 17.6. The van der Waals surface area contributed by atoms with Crippen LogP contribution in [0.2, 0.25) is 0 Å². The minimum absolute atomic E-state index is 0.164. The van der Waals surface area contributed by atoms with E-state index in [0.29, 0.717) is 22.7 Å². The molecule has 1 amide bonds. The van der Waals surface area contributed by atoms with E-state index in [1.807, 2.05) is 42.8 Å². The van der Waals surface area contributed by atoms with Gasteiger partial charge in [-0.25, -0.2) is 0 Å². The van der Waals surface area contributed by atoms with Crippen LogP contribution in [0.1, 0.15) is 11.4 Å². The molecular weight excluding hydrogens is 360 g/mol. The second kappa shape index (κ2) is 8.08. The Balaban J connectivity index is 1.54. The number of thioether (sulfide) groups is 1. The lowest BCUT2D eigenvalue weighted by atomic mass is 10.2. The number of para-hydroxylation sites is 1. The summed E-state index contributed by atoms with van der Waals surface area (Å²) in [6, 6.07) is 7.80. The van der Waals surface area contributed by atoms with Gasteiger partial charge in [0.25, 0.3) is 0 Å². The fraction of sp³-hybridized carbons (Fsp3) is 0.267. The molecule has 0 bridgehead atoms. The van der Waals surface area contributed by atoms with Crippen LogP contribution in [-0.4, -0.2) is 36.6 Å². The number of hydrogen-bond acceptors (Lipinski definition) is 8. The third-order valence-corrected chi connectivity index (χ3v) is 4.94. The lowest BCUT2D eigenvalue weighted by Gasteiger charge is -2.08. The minimum atomic E-state index is -0.164. The van der Waals surface area contributed by atoms with E-state index in [0.717, 1.165) is 11.3 Å². The van der Waals surface area contributed by atoms with Crippen molar-refractivity contribution in [3.05, 3.63) is 41.2 Å². The van der Waals surface area contributed by atoms with Crippen LogP contribution >= 0.6 is 23.1 Å². The second-order valence-corrected chi connectivity index (χ2v) is 6.87. The molecule has 8 nitrogen and oxygen atoms in total. The molecular formula is C15H16N6O2S2. The lowest BCUT2D eigenvalue weighted by molar-refractivity contribution is -0.113. The van der Waals surface area contributed by atoms with Gasteiger partial charge in [0, 0.05) is 7.05 Å². The standard InChI is InChI=1S/C15H16N6O2S2/c1-10-5-3-4-6-11(10)23-7-12-18-20-15(21(12)2)24-8-13(22)17-14-19-16-9-25-14/h3-6,9H,7-8H2,1-2H3,(H,17,19,22). The number of nitrogens with one attached hydrogen (secondary N) is 1. The van der Waals surface area contributed by atoms with Crippen LogP contribution in [-0.2, 0) is 18.4 Å². The summed E-state index contributed by atoms with van der Waals surface area (Å²) in [6.07, 6.45) is 0. The summed E-state index contributed by atoms with van der Waals surface area (Å²) in [5.41, 5.74) is 2.62. The molecule has 1 aromatic carbocycles. The third kappa shape index (κ3) is 4.54. The summed E-state index contributed by atoms with van der Waals surface area (Å²) in [4.78, 5) is 11.9. The van der Waals surface area contributed by atoms with Crippen molar-refractivity contribution < 1.29 is 9.53 Å². The van der Waals surface area contributed by atoms with Gasteiger partial charge in [0.1, 0.15) is 17.9 Å². The molecule has 0 aliphatic heterocycles. The molecule has 3 aromatic rings. The minimum Gasteiger partial charge on any atom is -0.485 e. The SMILES string of the molecule is Cc1ccccc1OCc1nnc(SCC(=O)Nc2nncs2)n1C. The number of anilines is 1. The Morgan fingerprint density at radius 1 is 1.32 bits per heavy atom. The quantitative estimate of drug-likeness (QED) is 0.632. The average Bonchev–Trinajstić information content (AvgIpc) is 3.23. The zero-order valence-corrected chi connectivity index (χ0v) is 15.3.